The van der Waals surface area contributed by atoms with Crippen molar-refractivity contribution in [1.29, 1.82) is 0 Å². The Kier molecular flexibility index (Phi) is 6.80. The Morgan fingerprint density at radius 3 is 2.56 bits per heavy atom. The van der Waals surface area contributed by atoms with Gasteiger partial charge in [-0.15, -0.1) is 0 Å². The first-order valence-electron chi connectivity index (χ1n) is 14.1. The Balaban J connectivity index is 1.48. The first-order chi connectivity index (χ1) is 17.1. The Bertz CT molecular complexity index is 1000. The fraction of sp³-hybridized carbons (Fsp3) is 0.710. The third kappa shape index (κ3) is 4.20. The monoisotopic (exact) mass is 494 g/mol. The van der Waals surface area contributed by atoms with Crippen molar-refractivity contribution in [2.75, 3.05) is 0 Å². The summed E-state index contributed by atoms with van der Waals surface area (Å²) in [5.74, 6) is 2.00. The SMILES string of the molecule is C[C@H](CCC(=O)O)[C@@H]1CC[C@@H]2[C@@H]3CC[C@@H]4CC(=O)CC[C@]4(C)[C@@H]3C[C@H](OC(=O)c3ccccc3)[C@@]21C. The highest BCUT2D eigenvalue weighted by Gasteiger charge is 2.65. The number of fused-ring (bicyclic) bond motifs is 5. The summed E-state index contributed by atoms with van der Waals surface area (Å²) >= 11 is 0. The highest BCUT2D eigenvalue weighted by molar-refractivity contribution is 5.89. The fourth-order valence-corrected chi connectivity index (χ4v) is 9.44. The molecule has 5 heteroatoms. The van der Waals surface area contributed by atoms with Gasteiger partial charge in [0.25, 0.3) is 0 Å². The van der Waals surface area contributed by atoms with Crippen LogP contribution in [0.3, 0.4) is 0 Å². The molecule has 1 aromatic rings. The molecule has 4 saturated carbocycles. The summed E-state index contributed by atoms with van der Waals surface area (Å²) in [4.78, 5) is 37.0. The number of carboxylic acid groups (broad SMARTS) is 1. The normalized spacial score (nSPS) is 40.5. The molecule has 5 rings (SSSR count). The van der Waals surface area contributed by atoms with E-state index in [-0.39, 0.29) is 35.2 Å². The van der Waals surface area contributed by atoms with Crippen LogP contribution in [0.15, 0.2) is 30.3 Å². The van der Waals surface area contributed by atoms with Crippen molar-refractivity contribution in [3.8, 4) is 0 Å². The molecule has 9 atom stereocenters. The van der Waals surface area contributed by atoms with E-state index in [0.717, 1.165) is 38.5 Å². The molecule has 4 aliphatic rings. The standard InChI is InChI=1S/C31H42O5/c1-19(9-14-28(33)34)24-12-13-25-23-11-10-21-17-22(32)15-16-30(21,2)26(23)18-27(31(24,25)3)36-29(35)20-7-5-4-6-8-20/h4-8,19,21,23-27H,9-18H2,1-3H3,(H,33,34)/t19-,21-,23+,24+,25-,26-,27+,30+,31-/m1/s1. The molecule has 4 aliphatic carbocycles. The molecule has 0 saturated heterocycles. The van der Waals surface area contributed by atoms with E-state index in [4.69, 9.17) is 4.74 Å². The van der Waals surface area contributed by atoms with Gasteiger partial charge in [0.05, 0.1) is 5.56 Å². The molecule has 4 fully saturated rings. The summed E-state index contributed by atoms with van der Waals surface area (Å²) in [6.45, 7) is 6.97. The number of carbonyl (C=O) groups excluding carboxylic acids is 2. The highest BCUT2D eigenvalue weighted by atomic mass is 16.5. The minimum absolute atomic E-state index is 0.128. The van der Waals surface area contributed by atoms with Crippen LogP contribution in [0.2, 0.25) is 0 Å². The van der Waals surface area contributed by atoms with E-state index in [0.29, 0.717) is 60.2 Å². The lowest BCUT2D eigenvalue weighted by atomic mass is 9.43. The van der Waals surface area contributed by atoms with Gasteiger partial charge < -0.3 is 9.84 Å². The number of carbonyl (C=O) groups is 3. The molecule has 36 heavy (non-hydrogen) atoms. The molecule has 0 bridgehead atoms. The van der Waals surface area contributed by atoms with Gasteiger partial charge in [0.1, 0.15) is 11.9 Å². The molecule has 0 amide bonds. The number of rotatable bonds is 6. The van der Waals surface area contributed by atoms with Crippen LogP contribution in [0.1, 0.15) is 95.3 Å². The van der Waals surface area contributed by atoms with E-state index in [1.54, 1.807) is 0 Å². The maximum absolute atomic E-state index is 13.4. The van der Waals surface area contributed by atoms with Gasteiger partial charge in [-0.1, -0.05) is 39.0 Å². The van der Waals surface area contributed by atoms with Gasteiger partial charge in [-0.05, 0) is 98.0 Å². The number of ether oxygens (including phenoxy) is 1. The predicted octanol–water partition coefficient (Wildman–Crippen LogP) is 6.55. The number of aliphatic carboxylic acids is 1. The molecule has 0 heterocycles. The second kappa shape index (κ2) is 9.61. The molecule has 1 N–H and O–H groups in total. The van der Waals surface area contributed by atoms with E-state index in [9.17, 15) is 19.5 Å². The smallest absolute Gasteiger partial charge is 0.338 e. The number of ketones is 1. The van der Waals surface area contributed by atoms with Crippen LogP contribution < -0.4 is 0 Å². The predicted molar refractivity (Wildman–Crippen MR) is 137 cm³/mol. The van der Waals surface area contributed by atoms with Crippen LogP contribution in [0.5, 0.6) is 0 Å². The van der Waals surface area contributed by atoms with Gasteiger partial charge in [0.15, 0.2) is 0 Å². The average molecular weight is 495 g/mol. The zero-order valence-electron chi connectivity index (χ0n) is 22.1. The van der Waals surface area contributed by atoms with Gasteiger partial charge >= 0.3 is 11.9 Å². The molecule has 0 aliphatic heterocycles. The minimum Gasteiger partial charge on any atom is -0.481 e. The van der Waals surface area contributed by atoms with E-state index in [1.165, 1.54) is 0 Å². The van der Waals surface area contributed by atoms with Gasteiger partial charge in [-0.3, -0.25) is 9.59 Å². The summed E-state index contributed by atoms with van der Waals surface area (Å²) in [6.07, 6.45) is 8.36. The largest absolute Gasteiger partial charge is 0.481 e. The van der Waals surface area contributed by atoms with Crippen LogP contribution in [-0.4, -0.2) is 28.9 Å². The molecule has 1 aromatic carbocycles. The summed E-state index contributed by atoms with van der Waals surface area (Å²) in [6, 6.07) is 9.29. The highest BCUT2D eigenvalue weighted by Crippen LogP contribution is 2.68. The number of esters is 1. The van der Waals surface area contributed by atoms with Crippen molar-refractivity contribution in [3.05, 3.63) is 35.9 Å². The molecule has 0 aromatic heterocycles. The second-order valence-electron chi connectivity index (χ2n) is 12.9. The number of benzene rings is 1. The molecule has 0 unspecified atom stereocenters. The number of hydrogen-bond acceptors (Lipinski definition) is 4. The topological polar surface area (TPSA) is 80.7 Å². The molecule has 196 valence electrons. The van der Waals surface area contributed by atoms with Gasteiger partial charge in [-0.2, -0.15) is 0 Å². The first-order valence-corrected chi connectivity index (χ1v) is 14.1. The lowest BCUT2D eigenvalue weighted by Gasteiger charge is -2.62. The zero-order valence-corrected chi connectivity index (χ0v) is 22.1. The molecule has 5 nitrogen and oxygen atoms in total. The Labute approximate surface area is 215 Å². The third-order valence-electron chi connectivity index (χ3n) is 11.4. The Morgan fingerprint density at radius 1 is 1.08 bits per heavy atom. The van der Waals surface area contributed by atoms with Crippen molar-refractivity contribution in [2.24, 2.45) is 46.3 Å². The number of hydrogen-bond donors (Lipinski definition) is 1. The number of carboxylic acids is 1. The van der Waals surface area contributed by atoms with Crippen molar-refractivity contribution < 1.29 is 24.2 Å². The second-order valence-corrected chi connectivity index (χ2v) is 12.9. The molecular formula is C31H42O5. The van der Waals surface area contributed by atoms with E-state index < -0.39 is 5.97 Å². The summed E-state index contributed by atoms with van der Waals surface area (Å²) < 4.78 is 6.47. The summed E-state index contributed by atoms with van der Waals surface area (Å²) in [5, 5.41) is 9.32. The van der Waals surface area contributed by atoms with Crippen molar-refractivity contribution in [1.82, 2.24) is 0 Å². The summed E-state index contributed by atoms with van der Waals surface area (Å²) in [7, 11) is 0. The maximum Gasteiger partial charge on any atom is 0.338 e. The first kappa shape index (κ1) is 25.5. The van der Waals surface area contributed by atoms with E-state index >= 15 is 0 Å². The molecule has 0 spiro atoms. The average Bonchev–Trinajstić information content (AvgIpc) is 3.22. The minimum atomic E-state index is -0.740. The van der Waals surface area contributed by atoms with E-state index in [1.807, 2.05) is 30.3 Å². The third-order valence-corrected chi connectivity index (χ3v) is 11.4. The summed E-state index contributed by atoms with van der Waals surface area (Å²) in [5.41, 5.74) is 0.559. The van der Waals surface area contributed by atoms with Crippen LogP contribution in [0.25, 0.3) is 0 Å². The van der Waals surface area contributed by atoms with Gasteiger partial charge in [-0.25, -0.2) is 4.79 Å². The van der Waals surface area contributed by atoms with Crippen molar-refractivity contribution in [2.45, 2.75) is 91.1 Å². The van der Waals surface area contributed by atoms with Crippen molar-refractivity contribution >= 4 is 17.7 Å². The fourth-order valence-electron chi connectivity index (χ4n) is 9.44. The molecule has 0 radical (unpaired) electrons. The quantitative estimate of drug-likeness (QED) is 0.454. The van der Waals surface area contributed by atoms with Crippen LogP contribution in [-0.2, 0) is 14.3 Å². The van der Waals surface area contributed by atoms with E-state index in [2.05, 4.69) is 20.8 Å². The lowest BCUT2D eigenvalue weighted by Crippen LogP contribution is -2.59. The number of Topliss-reactive ketones (excluding diaryl/α,β-unsaturated/α-hetero) is 1. The zero-order chi connectivity index (χ0) is 25.7. The Hall–Kier alpha value is -2.17. The lowest BCUT2D eigenvalue weighted by molar-refractivity contribution is -0.172. The van der Waals surface area contributed by atoms with Crippen LogP contribution in [0, 0.1) is 46.3 Å². The van der Waals surface area contributed by atoms with Crippen LogP contribution >= 0.6 is 0 Å². The maximum atomic E-state index is 13.4. The van der Waals surface area contributed by atoms with Gasteiger partial charge in [0, 0.05) is 24.7 Å². The Morgan fingerprint density at radius 2 is 1.83 bits per heavy atom. The van der Waals surface area contributed by atoms with Gasteiger partial charge in [0.2, 0.25) is 0 Å². The molecular weight excluding hydrogens is 452 g/mol. The van der Waals surface area contributed by atoms with Crippen molar-refractivity contribution in [3.63, 3.8) is 0 Å². The van der Waals surface area contributed by atoms with Crippen LogP contribution in [0.4, 0.5) is 0 Å².